The van der Waals surface area contributed by atoms with Crippen LogP contribution in [-0.4, -0.2) is 28.8 Å². The first-order valence-corrected chi connectivity index (χ1v) is 6.87. The molecule has 1 N–H and O–H groups in total. The van der Waals surface area contributed by atoms with Crippen LogP contribution in [0.25, 0.3) is 11.0 Å². The minimum atomic E-state index is 0.603. The number of hydrogen-bond donors (Lipinski definition) is 1. The highest BCUT2D eigenvalue weighted by Gasteiger charge is 2.07. The van der Waals surface area contributed by atoms with Crippen LogP contribution >= 0.6 is 12.2 Å². The number of nitrogens with zero attached hydrogens (tertiary/aromatic N) is 2. The van der Waals surface area contributed by atoms with Crippen molar-refractivity contribution in [1.82, 2.24) is 14.5 Å². The van der Waals surface area contributed by atoms with Crippen molar-refractivity contribution in [2.75, 3.05) is 14.2 Å². The van der Waals surface area contributed by atoms with Crippen LogP contribution in [0.5, 0.6) is 11.6 Å². The second kappa shape index (κ2) is 5.57. The molecule has 1 aromatic carbocycles. The molecule has 2 heterocycles. The summed E-state index contributed by atoms with van der Waals surface area (Å²) < 4.78 is 13.0. The van der Waals surface area contributed by atoms with Crippen molar-refractivity contribution >= 4 is 23.3 Å². The number of H-pyrrole nitrogens is 1. The third kappa shape index (κ3) is 2.62. The quantitative estimate of drug-likeness (QED) is 0.752. The number of imidazole rings is 1. The Kier molecular flexibility index (Phi) is 3.62. The molecule has 6 heteroatoms. The van der Waals surface area contributed by atoms with E-state index in [4.69, 9.17) is 21.7 Å². The summed E-state index contributed by atoms with van der Waals surface area (Å²) in [6.07, 6.45) is 1.79. The first kappa shape index (κ1) is 13.6. The smallest absolute Gasteiger partial charge is 0.212 e. The summed E-state index contributed by atoms with van der Waals surface area (Å²) in [5.41, 5.74) is 3.06. The molecule has 0 unspecified atom stereocenters. The number of ether oxygens (including phenoxy) is 2. The molecule has 0 radical (unpaired) electrons. The van der Waals surface area contributed by atoms with E-state index in [0.717, 1.165) is 22.3 Å². The Hall–Kier alpha value is -2.34. The second-order valence-corrected chi connectivity index (χ2v) is 4.99. The van der Waals surface area contributed by atoms with E-state index in [1.807, 2.05) is 34.9 Å². The zero-order valence-electron chi connectivity index (χ0n) is 11.8. The first-order chi connectivity index (χ1) is 10.2. The minimum absolute atomic E-state index is 0.603. The molecule has 0 fully saturated rings. The van der Waals surface area contributed by atoms with Gasteiger partial charge in [-0.15, -0.1) is 0 Å². The van der Waals surface area contributed by atoms with E-state index >= 15 is 0 Å². The molecule has 3 rings (SSSR count). The average Bonchev–Trinajstić information content (AvgIpc) is 2.83. The van der Waals surface area contributed by atoms with Crippen LogP contribution in [0, 0.1) is 4.77 Å². The predicted octanol–water partition coefficient (Wildman–Crippen LogP) is 3.16. The SMILES string of the molecule is COc1ccc2c(c1)[nH]c(=S)n2Cc1ccc(OC)nc1. The molecule has 0 bridgehead atoms. The Morgan fingerprint density at radius 3 is 2.71 bits per heavy atom. The van der Waals surface area contributed by atoms with Gasteiger partial charge >= 0.3 is 0 Å². The monoisotopic (exact) mass is 301 g/mol. The lowest BCUT2D eigenvalue weighted by atomic mass is 10.2. The van der Waals surface area contributed by atoms with Crippen molar-refractivity contribution in [1.29, 1.82) is 0 Å². The van der Waals surface area contributed by atoms with Gasteiger partial charge in [0.2, 0.25) is 5.88 Å². The maximum Gasteiger partial charge on any atom is 0.212 e. The fourth-order valence-electron chi connectivity index (χ4n) is 2.23. The van der Waals surface area contributed by atoms with Gasteiger partial charge in [0.1, 0.15) is 5.75 Å². The summed E-state index contributed by atoms with van der Waals surface area (Å²) in [5, 5.41) is 0. The van der Waals surface area contributed by atoms with Gasteiger partial charge in [0.05, 0.1) is 31.8 Å². The maximum atomic E-state index is 5.40. The molecule has 2 aromatic heterocycles. The van der Waals surface area contributed by atoms with Crippen LogP contribution < -0.4 is 9.47 Å². The van der Waals surface area contributed by atoms with Crippen LogP contribution in [-0.2, 0) is 6.54 Å². The fourth-order valence-corrected chi connectivity index (χ4v) is 2.51. The Morgan fingerprint density at radius 2 is 2.05 bits per heavy atom. The lowest BCUT2D eigenvalue weighted by molar-refractivity contribution is 0.397. The molecule has 0 amide bonds. The van der Waals surface area contributed by atoms with Gasteiger partial charge in [-0.25, -0.2) is 4.98 Å². The van der Waals surface area contributed by atoms with E-state index in [1.165, 1.54) is 0 Å². The lowest BCUT2D eigenvalue weighted by Crippen LogP contribution is -2.00. The van der Waals surface area contributed by atoms with Crippen molar-refractivity contribution < 1.29 is 9.47 Å². The topological polar surface area (TPSA) is 52.1 Å². The van der Waals surface area contributed by atoms with Crippen LogP contribution in [0.1, 0.15) is 5.56 Å². The molecule has 0 aliphatic rings. The van der Waals surface area contributed by atoms with E-state index in [0.29, 0.717) is 17.2 Å². The van der Waals surface area contributed by atoms with E-state index in [9.17, 15) is 0 Å². The average molecular weight is 301 g/mol. The summed E-state index contributed by atoms with van der Waals surface area (Å²) in [5.74, 6) is 1.41. The Bertz CT molecular complexity index is 821. The first-order valence-electron chi connectivity index (χ1n) is 6.47. The fraction of sp³-hybridized carbons (Fsp3) is 0.200. The number of aromatic nitrogens is 3. The molecule has 0 atom stereocenters. The van der Waals surface area contributed by atoms with Gasteiger partial charge in [0.25, 0.3) is 0 Å². The summed E-state index contributed by atoms with van der Waals surface area (Å²) in [4.78, 5) is 7.41. The van der Waals surface area contributed by atoms with E-state index in [1.54, 1.807) is 20.4 Å². The molecular weight excluding hydrogens is 286 g/mol. The van der Waals surface area contributed by atoms with Gasteiger partial charge in [0.15, 0.2) is 4.77 Å². The van der Waals surface area contributed by atoms with Crippen molar-refractivity contribution in [2.24, 2.45) is 0 Å². The van der Waals surface area contributed by atoms with Crippen molar-refractivity contribution in [3.05, 3.63) is 46.9 Å². The van der Waals surface area contributed by atoms with Crippen molar-refractivity contribution in [3.8, 4) is 11.6 Å². The maximum absolute atomic E-state index is 5.40. The molecule has 3 aromatic rings. The molecular formula is C15H15N3O2S. The van der Waals surface area contributed by atoms with Crippen LogP contribution in [0.15, 0.2) is 36.5 Å². The van der Waals surface area contributed by atoms with Crippen LogP contribution in [0.2, 0.25) is 0 Å². The van der Waals surface area contributed by atoms with Gasteiger partial charge < -0.3 is 19.0 Å². The number of rotatable bonds is 4. The highest BCUT2D eigenvalue weighted by molar-refractivity contribution is 7.71. The number of fused-ring (bicyclic) bond motifs is 1. The van der Waals surface area contributed by atoms with Crippen LogP contribution in [0.4, 0.5) is 0 Å². The van der Waals surface area contributed by atoms with E-state index in [2.05, 4.69) is 9.97 Å². The summed E-state index contributed by atoms with van der Waals surface area (Å²) >= 11 is 5.40. The zero-order chi connectivity index (χ0) is 14.8. The number of aromatic amines is 1. The zero-order valence-corrected chi connectivity index (χ0v) is 12.6. The highest BCUT2D eigenvalue weighted by atomic mass is 32.1. The third-order valence-electron chi connectivity index (χ3n) is 3.33. The lowest BCUT2D eigenvalue weighted by Gasteiger charge is -2.06. The number of hydrogen-bond acceptors (Lipinski definition) is 4. The van der Waals surface area contributed by atoms with Crippen molar-refractivity contribution in [3.63, 3.8) is 0 Å². The van der Waals surface area contributed by atoms with Gasteiger partial charge in [-0.2, -0.15) is 0 Å². The summed E-state index contributed by atoms with van der Waals surface area (Å²) in [6, 6.07) is 9.69. The third-order valence-corrected chi connectivity index (χ3v) is 3.65. The number of pyridine rings is 1. The molecule has 0 saturated heterocycles. The molecule has 0 saturated carbocycles. The minimum Gasteiger partial charge on any atom is -0.497 e. The normalized spacial score (nSPS) is 10.8. The Balaban J connectivity index is 1.99. The molecule has 0 aliphatic carbocycles. The van der Waals surface area contributed by atoms with E-state index < -0.39 is 0 Å². The van der Waals surface area contributed by atoms with Crippen molar-refractivity contribution in [2.45, 2.75) is 6.54 Å². The second-order valence-electron chi connectivity index (χ2n) is 4.61. The van der Waals surface area contributed by atoms with Gasteiger partial charge in [0, 0.05) is 18.3 Å². The summed E-state index contributed by atoms with van der Waals surface area (Å²) in [6.45, 7) is 0.655. The largest absolute Gasteiger partial charge is 0.497 e. The van der Waals surface area contributed by atoms with Gasteiger partial charge in [-0.05, 0) is 29.9 Å². The molecule has 0 aliphatic heterocycles. The molecule has 5 nitrogen and oxygen atoms in total. The van der Waals surface area contributed by atoms with Crippen LogP contribution in [0.3, 0.4) is 0 Å². The Morgan fingerprint density at radius 1 is 1.19 bits per heavy atom. The number of benzene rings is 1. The summed E-state index contributed by atoms with van der Waals surface area (Å²) in [7, 11) is 3.25. The van der Waals surface area contributed by atoms with E-state index in [-0.39, 0.29) is 0 Å². The highest BCUT2D eigenvalue weighted by Crippen LogP contribution is 2.21. The van der Waals surface area contributed by atoms with Gasteiger partial charge in [-0.3, -0.25) is 0 Å². The number of methoxy groups -OCH3 is 2. The van der Waals surface area contributed by atoms with Gasteiger partial charge in [-0.1, -0.05) is 6.07 Å². The molecule has 21 heavy (non-hydrogen) atoms. The number of nitrogens with one attached hydrogen (secondary N) is 1. The molecule has 0 spiro atoms. The Labute approximate surface area is 127 Å². The standard InChI is InChI=1S/C15H15N3O2S/c1-19-11-4-5-13-12(7-11)17-15(21)18(13)9-10-3-6-14(20-2)16-8-10/h3-8H,9H2,1-2H3,(H,17,21). The predicted molar refractivity (Wildman–Crippen MR) is 83.6 cm³/mol. The molecule has 108 valence electrons.